The second-order valence-electron chi connectivity index (χ2n) is 4.92. The van der Waals surface area contributed by atoms with Crippen molar-refractivity contribution in [1.29, 1.82) is 0 Å². The molecule has 0 saturated heterocycles. The van der Waals surface area contributed by atoms with Gasteiger partial charge >= 0.3 is 0 Å². The van der Waals surface area contributed by atoms with Gasteiger partial charge in [0.25, 0.3) is 0 Å². The average Bonchev–Trinajstić information content (AvgIpc) is 2.53. The smallest absolute Gasteiger partial charge is 0.160 e. The topological polar surface area (TPSA) is 64.7 Å². The predicted octanol–water partition coefficient (Wildman–Crippen LogP) is 2.69. The first kappa shape index (κ1) is 15.2. The Bertz CT molecular complexity index is 581. The van der Waals surface area contributed by atoms with Gasteiger partial charge in [-0.2, -0.15) is 0 Å². The number of phenolic OH excluding ortho intramolecular Hbond substituents is 1. The van der Waals surface area contributed by atoms with Gasteiger partial charge in [-0.15, -0.1) is 0 Å². The third-order valence-electron chi connectivity index (χ3n) is 3.58. The van der Waals surface area contributed by atoms with E-state index in [1.54, 1.807) is 26.4 Å². The molecule has 112 valence electrons. The molecule has 4 nitrogen and oxygen atoms in total. The van der Waals surface area contributed by atoms with Gasteiger partial charge in [0, 0.05) is 5.92 Å². The van der Waals surface area contributed by atoms with E-state index < -0.39 is 0 Å². The van der Waals surface area contributed by atoms with Crippen LogP contribution in [0.5, 0.6) is 17.2 Å². The van der Waals surface area contributed by atoms with Crippen molar-refractivity contribution in [3.05, 3.63) is 53.6 Å². The molecule has 1 unspecified atom stereocenters. The summed E-state index contributed by atoms with van der Waals surface area (Å²) in [5.41, 5.74) is 8.15. The number of hydrogen-bond acceptors (Lipinski definition) is 4. The quantitative estimate of drug-likeness (QED) is 0.857. The van der Waals surface area contributed by atoms with E-state index in [0.29, 0.717) is 6.54 Å². The van der Waals surface area contributed by atoms with Crippen molar-refractivity contribution < 1.29 is 14.6 Å². The van der Waals surface area contributed by atoms with Crippen LogP contribution >= 0.6 is 0 Å². The van der Waals surface area contributed by atoms with Crippen molar-refractivity contribution in [2.24, 2.45) is 5.73 Å². The van der Waals surface area contributed by atoms with E-state index in [1.807, 2.05) is 30.3 Å². The monoisotopic (exact) mass is 287 g/mol. The van der Waals surface area contributed by atoms with Crippen LogP contribution in [0.3, 0.4) is 0 Å². The minimum absolute atomic E-state index is 0.198. The molecule has 1 atom stereocenters. The van der Waals surface area contributed by atoms with Gasteiger partial charge < -0.3 is 20.3 Å². The van der Waals surface area contributed by atoms with E-state index in [0.717, 1.165) is 29.0 Å². The highest BCUT2D eigenvalue weighted by Gasteiger charge is 2.12. The molecular weight excluding hydrogens is 266 g/mol. The summed E-state index contributed by atoms with van der Waals surface area (Å²) in [6.07, 6.45) is 0.807. The molecule has 0 heterocycles. The highest BCUT2D eigenvalue weighted by molar-refractivity contribution is 5.43. The van der Waals surface area contributed by atoms with Gasteiger partial charge in [-0.1, -0.05) is 18.2 Å². The molecule has 0 aliphatic rings. The fourth-order valence-electron chi connectivity index (χ4n) is 2.38. The Labute approximate surface area is 125 Å². The molecule has 0 aliphatic heterocycles. The number of nitrogens with two attached hydrogens (primary N) is 1. The summed E-state index contributed by atoms with van der Waals surface area (Å²) in [7, 11) is 3.25. The molecule has 0 spiro atoms. The molecule has 2 rings (SSSR count). The van der Waals surface area contributed by atoms with E-state index in [2.05, 4.69) is 0 Å². The van der Waals surface area contributed by atoms with Crippen LogP contribution in [0.15, 0.2) is 42.5 Å². The zero-order valence-electron chi connectivity index (χ0n) is 12.4. The van der Waals surface area contributed by atoms with Crippen LogP contribution in [0.2, 0.25) is 0 Å². The first-order valence-corrected chi connectivity index (χ1v) is 6.87. The highest BCUT2D eigenvalue weighted by Crippen LogP contribution is 2.30. The lowest BCUT2D eigenvalue weighted by Crippen LogP contribution is -2.15. The Balaban J connectivity index is 2.20. The van der Waals surface area contributed by atoms with Crippen molar-refractivity contribution >= 4 is 0 Å². The van der Waals surface area contributed by atoms with E-state index >= 15 is 0 Å². The van der Waals surface area contributed by atoms with Crippen LogP contribution < -0.4 is 15.2 Å². The second-order valence-corrected chi connectivity index (χ2v) is 4.92. The summed E-state index contributed by atoms with van der Waals surface area (Å²) in [6.45, 7) is 0.541. The molecule has 2 aromatic carbocycles. The van der Waals surface area contributed by atoms with E-state index in [-0.39, 0.29) is 11.7 Å². The van der Waals surface area contributed by atoms with Gasteiger partial charge in [0.1, 0.15) is 5.75 Å². The maximum Gasteiger partial charge on any atom is 0.160 e. The Morgan fingerprint density at radius 3 is 2.24 bits per heavy atom. The maximum absolute atomic E-state index is 9.37. The van der Waals surface area contributed by atoms with Crippen LogP contribution in [0.4, 0.5) is 0 Å². The lowest BCUT2D eigenvalue weighted by molar-refractivity contribution is 0.354. The standard InChI is InChI=1S/C17H21NO3/c1-20-16-8-3-12(10-17(16)21-2)9-14(11-18)13-4-6-15(19)7-5-13/h3-8,10,14,19H,9,11,18H2,1-2H3. The van der Waals surface area contributed by atoms with Crippen LogP contribution in [-0.2, 0) is 6.42 Å². The van der Waals surface area contributed by atoms with Crippen LogP contribution in [0, 0.1) is 0 Å². The Morgan fingerprint density at radius 1 is 1.00 bits per heavy atom. The highest BCUT2D eigenvalue weighted by atomic mass is 16.5. The van der Waals surface area contributed by atoms with Gasteiger partial charge in [-0.05, 0) is 48.4 Å². The number of methoxy groups -OCH3 is 2. The molecule has 21 heavy (non-hydrogen) atoms. The van der Waals surface area contributed by atoms with E-state index in [1.165, 1.54) is 0 Å². The van der Waals surface area contributed by atoms with Crippen molar-refractivity contribution in [2.75, 3.05) is 20.8 Å². The number of hydrogen-bond donors (Lipinski definition) is 2. The normalized spacial score (nSPS) is 12.0. The van der Waals surface area contributed by atoms with Gasteiger partial charge in [0.15, 0.2) is 11.5 Å². The molecule has 0 aliphatic carbocycles. The predicted molar refractivity (Wildman–Crippen MR) is 83.2 cm³/mol. The van der Waals surface area contributed by atoms with Crippen molar-refractivity contribution in [1.82, 2.24) is 0 Å². The molecule has 2 aromatic rings. The van der Waals surface area contributed by atoms with E-state index in [4.69, 9.17) is 15.2 Å². The average molecular weight is 287 g/mol. The zero-order valence-corrected chi connectivity index (χ0v) is 12.4. The molecule has 0 amide bonds. The van der Waals surface area contributed by atoms with Gasteiger partial charge in [0.05, 0.1) is 14.2 Å². The minimum atomic E-state index is 0.198. The van der Waals surface area contributed by atoms with Crippen molar-refractivity contribution in [3.63, 3.8) is 0 Å². The molecule has 0 radical (unpaired) electrons. The Morgan fingerprint density at radius 2 is 1.67 bits per heavy atom. The number of ether oxygens (including phenoxy) is 2. The van der Waals surface area contributed by atoms with Crippen LogP contribution in [0.25, 0.3) is 0 Å². The zero-order chi connectivity index (χ0) is 15.2. The summed E-state index contributed by atoms with van der Waals surface area (Å²) in [4.78, 5) is 0. The van der Waals surface area contributed by atoms with Crippen molar-refractivity contribution in [2.45, 2.75) is 12.3 Å². The summed E-state index contributed by atoms with van der Waals surface area (Å²) in [5, 5.41) is 9.37. The van der Waals surface area contributed by atoms with Crippen LogP contribution in [-0.4, -0.2) is 25.9 Å². The lowest BCUT2D eigenvalue weighted by atomic mass is 9.92. The number of aromatic hydroxyl groups is 1. The maximum atomic E-state index is 9.37. The fraction of sp³-hybridized carbons (Fsp3) is 0.294. The molecule has 0 saturated carbocycles. The first-order chi connectivity index (χ1) is 10.2. The summed E-state index contributed by atoms with van der Waals surface area (Å²) < 4.78 is 10.6. The molecule has 0 bridgehead atoms. The Hall–Kier alpha value is -2.20. The molecule has 4 heteroatoms. The number of phenols is 1. The third kappa shape index (κ3) is 3.67. The minimum Gasteiger partial charge on any atom is -0.508 e. The summed E-state index contributed by atoms with van der Waals surface area (Å²) >= 11 is 0. The van der Waals surface area contributed by atoms with Crippen molar-refractivity contribution in [3.8, 4) is 17.2 Å². The molecule has 0 aromatic heterocycles. The van der Waals surface area contributed by atoms with Gasteiger partial charge in [-0.25, -0.2) is 0 Å². The third-order valence-corrected chi connectivity index (χ3v) is 3.58. The van der Waals surface area contributed by atoms with Crippen LogP contribution in [0.1, 0.15) is 17.0 Å². The fourth-order valence-corrected chi connectivity index (χ4v) is 2.38. The van der Waals surface area contributed by atoms with Gasteiger partial charge in [-0.3, -0.25) is 0 Å². The molecule has 3 N–H and O–H groups in total. The Kier molecular flexibility index (Phi) is 5.06. The first-order valence-electron chi connectivity index (χ1n) is 6.87. The van der Waals surface area contributed by atoms with Gasteiger partial charge in [0.2, 0.25) is 0 Å². The second kappa shape index (κ2) is 6.99. The number of rotatable bonds is 6. The summed E-state index contributed by atoms with van der Waals surface area (Å²) in [5.74, 6) is 1.90. The SMILES string of the molecule is COc1ccc(CC(CN)c2ccc(O)cc2)cc1OC. The lowest BCUT2D eigenvalue weighted by Gasteiger charge is -2.16. The van der Waals surface area contributed by atoms with E-state index in [9.17, 15) is 5.11 Å². The summed E-state index contributed by atoms with van der Waals surface area (Å²) in [6, 6.07) is 13.1. The largest absolute Gasteiger partial charge is 0.508 e. The number of benzene rings is 2. The molecule has 0 fully saturated rings. The molecular formula is C17H21NO3.